The van der Waals surface area contributed by atoms with Gasteiger partial charge in [0.05, 0.1) is 0 Å². The maximum atomic E-state index is 6.04. The van der Waals surface area contributed by atoms with Crippen molar-refractivity contribution in [2.45, 2.75) is 19.8 Å². The summed E-state index contributed by atoms with van der Waals surface area (Å²) in [6, 6.07) is 10.2. The molecule has 0 amide bonds. The molecule has 0 aromatic heterocycles. The number of rotatable bonds is 5. The Balaban J connectivity index is 2.50. The van der Waals surface area contributed by atoms with E-state index in [-0.39, 0.29) is 0 Å². The average molecular weight is 212 g/mol. The Kier molecular flexibility index (Phi) is 4.41. The Morgan fingerprint density at radius 3 is 2.36 bits per heavy atom. The fourth-order valence-electron chi connectivity index (χ4n) is 1.46. The molecule has 14 heavy (non-hydrogen) atoms. The summed E-state index contributed by atoms with van der Waals surface area (Å²) in [5.74, 6) is 1.03. The van der Waals surface area contributed by atoms with Gasteiger partial charge in [0.15, 0.2) is 0 Å². The summed E-state index contributed by atoms with van der Waals surface area (Å²) in [4.78, 5) is 0. The SMILES string of the molecule is CCCC[PH](C)(C)Oc1ccccc1. The van der Waals surface area contributed by atoms with Crippen molar-refractivity contribution in [1.29, 1.82) is 0 Å². The zero-order valence-corrected chi connectivity index (χ0v) is 10.4. The van der Waals surface area contributed by atoms with E-state index in [9.17, 15) is 0 Å². The van der Waals surface area contributed by atoms with Crippen LogP contribution in [0.15, 0.2) is 30.3 Å². The Morgan fingerprint density at radius 2 is 1.79 bits per heavy atom. The van der Waals surface area contributed by atoms with Gasteiger partial charge in [-0.25, -0.2) is 0 Å². The van der Waals surface area contributed by atoms with E-state index in [0.29, 0.717) is 0 Å². The van der Waals surface area contributed by atoms with Crippen LogP contribution in [0.1, 0.15) is 19.8 Å². The third kappa shape index (κ3) is 4.11. The third-order valence-electron chi connectivity index (χ3n) is 2.27. The second-order valence-corrected chi connectivity index (χ2v) is 8.50. The maximum absolute atomic E-state index is 6.04. The molecule has 0 atom stereocenters. The molecule has 1 aromatic carbocycles. The number of benzene rings is 1. The van der Waals surface area contributed by atoms with E-state index in [4.69, 9.17) is 4.52 Å². The summed E-state index contributed by atoms with van der Waals surface area (Å²) in [6.45, 7) is 6.80. The quantitative estimate of drug-likeness (QED) is 0.675. The molecule has 0 fully saturated rings. The van der Waals surface area contributed by atoms with Crippen molar-refractivity contribution in [1.82, 2.24) is 0 Å². The van der Waals surface area contributed by atoms with Gasteiger partial charge in [-0.3, -0.25) is 0 Å². The molecule has 2 heteroatoms. The molecule has 0 spiro atoms. The van der Waals surface area contributed by atoms with Crippen molar-refractivity contribution in [2.75, 3.05) is 19.5 Å². The minimum absolute atomic E-state index is 1.03. The predicted molar refractivity (Wildman–Crippen MR) is 67.0 cm³/mol. The molecule has 1 nitrogen and oxygen atoms in total. The van der Waals surface area contributed by atoms with Crippen molar-refractivity contribution < 1.29 is 4.52 Å². The first-order chi connectivity index (χ1) is 6.64. The zero-order chi connectivity index (χ0) is 10.4. The van der Waals surface area contributed by atoms with E-state index >= 15 is 0 Å². The average Bonchev–Trinajstić information content (AvgIpc) is 2.16. The summed E-state index contributed by atoms with van der Waals surface area (Å²) < 4.78 is 6.04. The third-order valence-corrected chi connectivity index (χ3v) is 4.62. The molecule has 0 heterocycles. The van der Waals surface area contributed by atoms with Crippen LogP contribution in [0.2, 0.25) is 0 Å². The van der Waals surface area contributed by atoms with Crippen LogP contribution in [-0.4, -0.2) is 19.5 Å². The Hall–Kier alpha value is -0.550. The molecule has 0 saturated heterocycles. The first kappa shape index (κ1) is 11.5. The molecule has 0 aliphatic rings. The molecule has 80 valence electrons. The predicted octanol–water partition coefficient (Wildman–Crippen LogP) is 3.79. The number of para-hydroxylation sites is 1. The van der Waals surface area contributed by atoms with Crippen molar-refractivity contribution in [2.24, 2.45) is 0 Å². The van der Waals surface area contributed by atoms with Crippen LogP contribution in [0.4, 0.5) is 0 Å². The first-order valence-corrected chi connectivity index (χ1v) is 8.49. The fourth-order valence-corrected chi connectivity index (χ4v) is 3.54. The van der Waals surface area contributed by atoms with Crippen molar-refractivity contribution in [3.05, 3.63) is 30.3 Å². The normalized spacial score (nSPS) is 12.5. The fraction of sp³-hybridized carbons (Fsp3) is 0.500. The monoisotopic (exact) mass is 212 g/mol. The van der Waals surface area contributed by atoms with Crippen LogP contribution in [0, 0.1) is 0 Å². The molecular formula is C12H21OP. The molecular weight excluding hydrogens is 191 g/mol. The van der Waals surface area contributed by atoms with Gasteiger partial charge in [-0.1, -0.05) is 0 Å². The molecule has 0 N–H and O–H groups in total. The van der Waals surface area contributed by atoms with Gasteiger partial charge >= 0.3 is 87.4 Å². The van der Waals surface area contributed by atoms with Gasteiger partial charge in [-0.05, 0) is 0 Å². The standard InChI is InChI=1S/C12H21OP/c1-4-5-11-14(2,3)13-12-9-7-6-8-10-12/h6-10,14H,4-5,11H2,1-3H3. The Labute approximate surface area is 87.9 Å². The van der Waals surface area contributed by atoms with Crippen LogP contribution in [0.5, 0.6) is 5.75 Å². The van der Waals surface area contributed by atoms with Crippen molar-refractivity contribution >= 4 is 7.49 Å². The van der Waals surface area contributed by atoms with Gasteiger partial charge in [0.1, 0.15) is 0 Å². The van der Waals surface area contributed by atoms with Gasteiger partial charge in [0, 0.05) is 0 Å². The van der Waals surface area contributed by atoms with Crippen molar-refractivity contribution in [3.63, 3.8) is 0 Å². The van der Waals surface area contributed by atoms with Gasteiger partial charge in [0.2, 0.25) is 0 Å². The number of unbranched alkanes of at least 4 members (excludes halogenated alkanes) is 1. The van der Waals surface area contributed by atoms with E-state index < -0.39 is 7.49 Å². The molecule has 0 radical (unpaired) electrons. The summed E-state index contributed by atoms with van der Waals surface area (Å²) in [5.41, 5.74) is 0. The van der Waals surface area contributed by atoms with Crippen LogP contribution in [0.3, 0.4) is 0 Å². The van der Waals surface area contributed by atoms with E-state index in [1.165, 1.54) is 19.0 Å². The van der Waals surface area contributed by atoms with E-state index in [0.717, 1.165) is 5.75 Å². The molecule has 0 saturated carbocycles. The topological polar surface area (TPSA) is 9.23 Å². The molecule has 0 aliphatic carbocycles. The second-order valence-electron chi connectivity index (χ2n) is 4.28. The van der Waals surface area contributed by atoms with E-state index in [2.05, 4.69) is 20.3 Å². The van der Waals surface area contributed by atoms with E-state index in [1.54, 1.807) is 0 Å². The number of hydrogen-bond acceptors (Lipinski definition) is 1. The minimum atomic E-state index is -1.47. The van der Waals surface area contributed by atoms with Gasteiger partial charge in [0.25, 0.3) is 0 Å². The number of hydrogen-bond donors (Lipinski definition) is 0. The summed E-state index contributed by atoms with van der Waals surface area (Å²) in [5, 5.41) is 0. The van der Waals surface area contributed by atoms with Crippen molar-refractivity contribution in [3.8, 4) is 5.75 Å². The van der Waals surface area contributed by atoms with Gasteiger partial charge in [-0.15, -0.1) is 0 Å². The summed E-state index contributed by atoms with van der Waals surface area (Å²) >= 11 is 0. The molecule has 1 aromatic rings. The molecule has 0 unspecified atom stereocenters. The van der Waals surface area contributed by atoms with Gasteiger partial charge in [-0.2, -0.15) is 0 Å². The Bertz CT molecular complexity index is 256. The van der Waals surface area contributed by atoms with Crippen LogP contribution < -0.4 is 4.52 Å². The van der Waals surface area contributed by atoms with Crippen LogP contribution >= 0.6 is 7.49 Å². The molecule has 0 aliphatic heterocycles. The zero-order valence-electron chi connectivity index (χ0n) is 9.42. The summed E-state index contributed by atoms with van der Waals surface area (Å²) in [6.07, 6.45) is 3.79. The van der Waals surface area contributed by atoms with E-state index in [1.807, 2.05) is 30.3 Å². The van der Waals surface area contributed by atoms with Gasteiger partial charge < -0.3 is 0 Å². The second kappa shape index (κ2) is 5.36. The molecule has 1 rings (SSSR count). The van der Waals surface area contributed by atoms with Crippen LogP contribution in [-0.2, 0) is 0 Å². The Morgan fingerprint density at radius 1 is 1.14 bits per heavy atom. The van der Waals surface area contributed by atoms with Crippen LogP contribution in [0.25, 0.3) is 0 Å². The molecule has 0 bridgehead atoms. The summed E-state index contributed by atoms with van der Waals surface area (Å²) in [7, 11) is -1.47. The first-order valence-electron chi connectivity index (χ1n) is 5.38.